The van der Waals surface area contributed by atoms with Crippen LogP contribution < -0.4 is 11.2 Å². The maximum atomic E-state index is 13.6. The second-order valence-electron chi connectivity index (χ2n) is 6.69. The van der Waals surface area contributed by atoms with E-state index < -0.39 is 22.9 Å². The Morgan fingerprint density at radius 2 is 1.57 bits per heavy atom. The molecule has 1 N–H and O–H groups in total. The number of nitrogens with zero attached hydrogens (tertiary/aromatic N) is 1. The first kappa shape index (κ1) is 20.1. The number of nitrogens with one attached hydrogen (secondary N) is 1. The summed E-state index contributed by atoms with van der Waals surface area (Å²) in [5, 5.41) is 0.478. The number of aromatic amines is 1. The predicted molar refractivity (Wildman–Crippen MR) is 106 cm³/mol. The topological polar surface area (TPSA) is 54.9 Å². The summed E-state index contributed by atoms with van der Waals surface area (Å²) in [5.74, 6) is -1.43. The number of benzene rings is 2. The Labute approximate surface area is 165 Å². The SMILES string of the molecule is CCc1c(Sc2cc(C)cc(C)c2)n(Cc2cc(F)cc(F)c2)c(=O)[nH]c1=O. The third kappa shape index (κ3) is 4.42. The molecule has 0 atom stereocenters. The smallest absolute Gasteiger partial charge is 0.283 e. The molecule has 0 fully saturated rings. The number of hydrogen-bond donors (Lipinski definition) is 1. The highest BCUT2D eigenvalue weighted by atomic mass is 32.2. The molecule has 0 aliphatic rings. The van der Waals surface area contributed by atoms with Crippen LogP contribution in [0.4, 0.5) is 8.78 Å². The second kappa shape index (κ2) is 8.14. The number of H-pyrrole nitrogens is 1. The monoisotopic (exact) mass is 402 g/mol. The first-order valence-corrected chi connectivity index (χ1v) is 9.65. The number of rotatable bonds is 5. The molecule has 0 saturated carbocycles. The van der Waals surface area contributed by atoms with Gasteiger partial charge >= 0.3 is 5.69 Å². The van der Waals surface area contributed by atoms with Crippen molar-refractivity contribution in [3.63, 3.8) is 0 Å². The van der Waals surface area contributed by atoms with Crippen LogP contribution in [0.15, 0.2) is 55.9 Å². The van der Waals surface area contributed by atoms with Crippen LogP contribution >= 0.6 is 11.8 Å². The van der Waals surface area contributed by atoms with E-state index in [1.54, 1.807) is 0 Å². The summed E-state index contributed by atoms with van der Waals surface area (Å²) in [6.45, 7) is 5.72. The average molecular weight is 402 g/mol. The van der Waals surface area contributed by atoms with E-state index in [0.29, 0.717) is 22.6 Å². The minimum atomic E-state index is -0.716. The van der Waals surface area contributed by atoms with Gasteiger partial charge in [-0.15, -0.1) is 0 Å². The van der Waals surface area contributed by atoms with E-state index in [9.17, 15) is 18.4 Å². The number of halogens is 2. The standard InChI is InChI=1S/C21H20F2N2O2S/c1-4-18-19(26)24-21(27)25(11-14-8-15(22)10-16(23)9-14)20(18)28-17-6-12(2)5-13(3)7-17/h5-10H,4,11H2,1-3H3,(H,24,26,27). The summed E-state index contributed by atoms with van der Waals surface area (Å²) >= 11 is 1.31. The maximum absolute atomic E-state index is 13.6. The Kier molecular flexibility index (Phi) is 5.84. The van der Waals surface area contributed by atoms with Crippen molar-refractivity contribution in [1.29, 1.82) is 0 Å². The van der Waals surface area contributed by atoms with E-state index in [4.69, 9.17) is 0 Å². The van der Waals surface area contributed by atoms with E-state index in [-0.39, 0.29) is 6.54 Å². The van der Waals surface area contributed by atoms with E-state index >= 15 is 0 Å². The molecule has 28 heavy (non-hydrogen) atoms. The molecule has 146 valence electrons. The second-order valence-corrected chi connectivity index (χ2v) is 7.75. The fourth-order valence-corrected chi connectivity index (χ4v) is 4.48. The quantitative estimate of drug-likeness (QED) is 0.651. The van der Waals surface area contributed by atoms with Gasteiger partial charge in [0.15, 0.2) is 0 Å². The molecule has 1 heterocycles. The molecule has 0 saturated heterocycles. The molecular formula is C21H20F2N2O2S. The van der Waals surface area contributed by atoms with Crippen molar-refractivity contribution in [3.05, 3.63) is 91.1 Å². The normalized spacial score (nSPS) is 11.0. The van der Waals surface area contributed by atoms with Crippen molar-refractivity contribution in [2.45, 2.75) is 43.7 Å². The van der Waals surface area contributed by atoms with Gasteiger partial charge in [0.25, 0.3) is 5.56 Å². The molecule has 0 spiro atoms. The third-order valence-corrected chi connectivity index (χ3v) is 5.40. The fourth-order valence-electron chi connectivity index (χ4n) is 3.15. The zero-order valence-corrected chi connectivity index (χ0v) is 16.6. The molecule has 4 nitrogen and oxygen atoms in total. The van der Waals surface area contributed by atoms with Crippen molar-refractivity contribution in [1.82, 2.24) is 9.55 Å². The highest BCUT2D eigenvalue weighted by Gasteiger charge is 2.16. The van der Waals surface area contributed by atoms with E-state index in [2.05, 4.69) is 4.98 Å². The van der Waals surface area contributed by atoms with Gasteiger partial charge in [0.1, 0.15) is 11.6 Å². The molecular weight excluding hydrogens is 382 g/mol. The van der Waals surface area contributed by atoms with Crippen LogP contribution in [0.2, 0.25) is 0 Å². The molecule has 7 heteroatoms. The molecule has 3 aromatic rings. The van der Waals surface area contributed by atoms with Crippen LogP contribution in [0.25, 0.3) is 0 Å². The predicted octanol–water partition coefficient (Wildman–Crippen LogP) is 4.19. The molecule has 0 aliphatic heterocycles. The van der Waals surface area contributed by atoms with Gasteiger partial charge in [-0.3, -0.25) is 14.3 Å². The lowest BCUT2D eigenvalue weighted by Crippen LogP contribution is -2.34. The molecule has 2 aromatic carbocycles. The number of hydrogen-bond acceptors (Lipinski definition) is 3. The van der Waals surface area contributed by atoms with Crippen molar-refractivity contribution >= 4 is 11.8 Å². The van der Waals surface area contributed by atoms with Gasteiger partial charge in [0.2, 0.25) is 0 Å². The largest absolute Gasteiger partial charge is 0.329 e. The van der Waals surface area contributed by atoms with Gasteiger partial charge in [0.05, 0.1) is 11.6 Å². The Hall–Kier alpha value is -2.67. The fraction of sp³-hybridized carbons (Fsp3) is 0.238. The summed E-state index contributed by atoms with van der Waals surface area (Å²) in [5.41, 5.74) is 1.83. The Morgan fingerprint density at radius 1 is 0.964 bits per heavy atom. The van der Waals surface area contributed by atoms with Gasteiger partial charge in [-0.1, -0.05) is 24.8 Å². The molecule has 0 aliphatic carbocycles. The molecule has 0 amide bonds. The minimum absolute atomic E-state index is 0.0512. The lowest BCUT2D eigenvalue weighted by Gasteiger charge is -2.16. The molecule has 0 unspecified atom stereocenters. The Bertz CT molecular complexity index is 1110. The summed E-state index contributed by atoms with van der Waals surface area (Å²) in [7, 11) is 0. The average Bonchev–Trinajstić information content (AvgIpc) is 2.56. The van der Waals surface area contributed by atoms with Gasteiger partial charge in [-0.25, -0.2) is 13.6 Å². The summed E-state index contributed by atoms with van der Waals surface area (Å²) < 4.78 is 28.5. The lowest BCUT2D eigenvalue weighted by atomic mass is 10.2. The summed E-state index contributed by atoms with van der Waals surface area (Å²) in [6, 6.07) is 9.10. The molecule has 0 bridgehead atoms. The lowest BCUT2D eigenvalue weighted by molar-refractivity contribution is 0.571. The van der Waals surface area contributed by atoms with Crippen molar-refractivity contribution < 1.29 is 8.78 Å². The van der Waals surface area contributed by atoms with E-state index in [0.717, 1.165) is 22.1 Å². The van der Waals surface area contributed by atoms with Crippen LogP contribution in [0.5, 0.6) is 0 Å². The summed E-state index contributed by atoms with van der Waals surface area (Å²) in [6.07, 6.45) is 0.417. The molecule has 0 radical (unpaired) electrons. The van der Waals surface area contributed by atoms with Gasteiger partial charge in [0, 0.05) is 16.5 Å². The van der Waals surface area contributed by atoms with Gasteiger partial charge in [-0.05, 0) is 61.2 Å². The zero-order valence-electron chi connectivity index (χ0n) is 15.8. The van der Waals surface area contributed by atoms with Crippen molar-refractivity contribution in [2.75, 3.05) is 0 Å². The number of aromatic nitrogens is 2. The van der Waals surface area contributed by atoms with Crippen LogP contribution in [-0.4, -0.2) is 9.55 Å². The van der Waals surface area contributed by atoms with Crippen LogP contribution in [0.3, 0.4) is 0 Å². The Morgan fingerprint density at radius 3 is 2.14 bits per heavy atom. The van der Waals surface area contributed by atoms with Crippen molar-refractivity contribution in [2.24, 2.45) is 0 Å². The first-order chi connectivity index (χ1) is 13.3. The highest BCUT2D eigenvalue weighted by Crippen LogP contribution is 2.30. The summed E-state index contributed by atoms with van der Waals surface area (Å²) in [4.78, 5) is 28.1. The van der Waals surface area contributed by atoms with Crippen LogP contribution in [-0.2, 0) is 13.0 Å². The third-order valence-electron chi connectivity index (χ3n) is 4.27. The van der Waals surface area contributed by atoms with Crippen LogP contribution in [0.1, 0.15) is 29.2 Å². The van der Waals surface area contributed by atoms with Crippen LogP contribution in [0, 0.1) is 25.5 Å². The van der Waals surface area contributed by atoms with Gasteiger partial charge < -0.3 is 0 Å². The minimum Gasteiger partial charge on any atom is -0.283 e. The number of aryl methyl sites for hydroxylation is 2. The van der Waals surface area contributed by atoms with Gasteiger partial charge in [-0.2, -0.15) is 0 Å². The zero-order chi connectivity index (χ0) is 20.4. The highest BCUT2D eigenvalue weighted by molar-refractivity contribution is 7.99. The first-order valence-electron chi connectivity index (χ1n) is 8.84. The maximum Gasteiger partial charge on any atom is 0.329 e. The molecule has 1 aromatic heterocycles. The Balaban J connectivity index is 2.15. The van der Waals surface area contributed by atoms with E-state index in [1.165, 1.54) is 28.5 Å². The van der Waals surface area contributed by atoms with E-state index in [1.807, 2.05) is 39.0 Å². The molecule has 3 rings (SSSR count). The van der Waals surface area contributed by atoms with Crippen molar-refractivity contribution in [3.8, 4) is 0 Å².